The molecule has 0 amide bonds. The number of aromatic nitrogens is 1. The summed E-state index contributed by atoms with van der Waals surface area (Å²) in [7, 11) is -1.84. The first-order valence-electron chi connectivity index (χ1n) is 11.9. The number of rotatable bonds is 6. The molecule has 36 heavy (non-hydrogen) atoms. The highest BCUT2D eigenvalue weighted by Gasteiger charge is 2.28. The van der Waals surface area contributed by atoms with Gasteiger partial charge in [0.2, 0.25) is 15.9 Å². The minimum absolute atomic E-state index is 0.281. The summed E-state index contributed by atoms with van der Waals surface area (Å²) in [4.78, 5) is 7.04. The molecule has 3 aromatic rings. The van der Waals surface area contributed by atoms with Gasteiger partial charge in [0.05, 0.1) is 12.0 Å². The van der Waals surface area contributed by atoms with Crippen molar-refractivity contribution in [2.45, 2.75) is 17.7 Å². The average Bonchev–Trinajstić information content (AvgIpc) is 3.06. The highest BCUT2D eigenvalue weighted by Crippen LogP contribution is 2.41. The zero-order valence-electron chi connectivity index (χ0n) is 20.1. The van der Waals surface area contributed by atoms with Crippen molar-refractivity contribution < 1.29 is 17.9 Å². The Kier molecular flexibility index (Phi) is 7.29. The summed E-state index contributed by atoms with van der Waals surface area (Å²) in [6.07, 6.45) is 5.49. The Morgan fingerprint density at radius 1 is 1.06 bits per heavy atom. The van der Waals surface area contributed by atoms with E-state index in [1.54, 1.807) is 41.9 Å². The molecule has 2 aliphatic rings. The Morgan fingerprint density at radius 2 is 1.83 bits per heavy atom. The van der Waals surface area contributed by atoms with Crippen molar-refractivity contribution in [2.75, 3.05) is 39.8 Å². The molecule has 0 aliphatic carbocycles. The molecule has 0 bridgehead atoms. The van der Waals surface area contributed by atoms with Gasteiger partial charge in [-0.05, 0) is 60.5 Å². The molecule has 1 aromatic heterocycles. The molecule has 0 spiro atoms. The third-order valence-electron chi connectivity index (χ3n) is 6.62. The molecule has 188 valence electrons. The average molecular weight is 526 g/mol. The van der Waals surface area contributed by atoms with Crippen molar-refractivity contribution in [3.63, 3.8) is 0 Å². The number of benzene rings is 2. The van der Waals surface area contributed by atoms with E-state index in [9.17, 15) is 8.42 Å². The van der Waals surface area contributed by atoms with Crippen LogP contribution < -0.4 is 9.47 Å². The van der Waals surface area contributed by atoms with E-state index < -0.39 is 10.0 Å². The molecule has 9 heteroatoms. The van der Waals surface area contributed by atoms with Crippen molar-refractivity contribution in [3.8, 4) is 17.4 Å². The predicted octanol–water partition coefficient (Wildman–Crippen LogP) is 4.87. The van der Waals surface area contributed by atoms with Crippen molar-refractivity contribution in [1.29, 1.82) is 0 Å². The number of ether oxygens (including phenoxy) is 2. The summed E-state index contributed by atoms with van der Waals surface area (Å²) in [5, 5.41) is 0.522. The van der Waals surface area contributed by atoms with E-state index >= 15 is 0 Å². The fourth-order valence-electron chi connectivity index (χ4n) is 4.67. The molecule has 3 heterocycles. The summed E-state index contributed by atoms with van der Waals surface area (Å²) < 4.78 is 39.2. The Morgan fingerprint density at radius 3 is 2.58 bits per heavy atom. The summed E-state index contributed by atoms with van der Waals surface area (Å²) in [6, 6.07) is 16.1. The SMILES string of the molecule is COc1cccc2c1C/C(=C/CCN1CCN(S(=O)(=O)c3ccc(Cl)cc3)CC1)c1cccnc1O2. The molecule has 0 unspecified atom stereocenters. The zero-order chi connectivity index (χ0) is 25.1. The fourth-order valence-corrected chi connectivity index (χ4v) is 6.21. The van der Waals surface area contributed by atoms with E-state index in [0.717, 1.165) is 41.2 Å². The van der Waals surface area contributed by atoms with Gasteiger partial charge in [0, 0.05) is 61.5 Å². The molecule has 2 aromatic carbocycles. The van der Waals surface area contributed by atoms with Crippen LogP contribution in [0.25, 0.3) is 5.57 Å². The smallest absolute Gasteiger partial charge is 0.243 e. The molecule has 1 fully saturated rings. The molecule has 2 aliphatic heterocycles. The van der Waals surface area contributed by atoms with Crippen LogP contribution in [0.5, 0.6) is 17.4 Å². The maximum atomic E-state index is 13.0. The van der Waals surface area contributed by atoms with Crippen molar-refractivity contribution in [2.24, 2.45) is 0 Å². The lowest BCUT2D eigenvalue weighted by molar-refractivity contribution is 0.191. The molecule has 1 saturated heterocycles. The first-order chi connectivity index (χ1) is 17.5. The minimum Gasteiger partial charge on any atom is -0.496 e. The number of sulfonamides is 1. The Bertz CT molecular complexity index is 1370. The highest BCUT2D eigenvalue weighted by atomic mass is 35.5. The topological polar surface area (TPSA) is 72.0 Å². The lowest BCUT2D eigenvalue weighted by atomic mass is 9.97. The van der Waals surface area contributed by atoms with Gasteiger partial charge in [-0.25, -0.2) is 13.4 Å². The molecule has 0 radical (unpaired) electrons. The molecule has 0 atom stereocenters. The van der Waals surface area contributed by atoms with Gasteiger partial charge in [-0.1, -0.05) is 23.7 Å². The monoisotopic (exact) mass is 525 g/mol. The Balaban J connectivity index is 1.26. The van der Waals surface area contributed by atoms with Crippen LogP contribution in [0.15, 0.2) is 71.8 Å². The number of nitrogens with zero attached hydrogens (tertiary/aromatic N) is 3. The molecule has 5 rings (SSSR count). The van der Waals surface area contributed by atoms with E-state index in [0.29, 0.717) is 43.5 Å². The number of hydrogen-bond donors (Lipinski definition) is 0. The number of fused-ring (bicyclic) bond motifs is 2. The summed E-state index contributed by atoms with van der Waals surface area (Å²) in [6.45, 7) is 3.15. The molecular formula is C27H28ClN3O4S. The van der Waals surface area contributed by atoms with Crippen molar-refractivity contribution >= 4 is 27.2 Å². The first-order valence-corrected chi connectivity index (χ1v) is 13.7. The van der Waals surface area contributed by atoms with Gasteiger partial charge in [-0.3, -0.25) is 0 Å². The first kappa shape index (κ1) is 24.8. The maximum Gasteiger partial charge on any atom is 0.243 e. The molecule has 0 N–H and O–H groups in total. The number of allylic oxidation sites excluding steroid dienone is 1. The number of methoxy groups -OCH3 is 1. The Hall–Kier alpha value is -2.91. The molecule has 0 saturated carbocycles. The quantitative estimate of drug-likeness (QED) is 0.457. The van der Waals surface area contributed by atoms with Crippen LogP contribution in [0.1, 0.15) is 17.5 Å². The second kappa shape index (κ2) is 10.6. The van der Waals surface area contributed by atoms with Gasteiger partial charge in [0.1, 0.15) is 11.5 Å². The van der Waals surface area contributed by atoms with Gasteiger partial charge < -0.3 is 14.4 Å². The second-order valence-electron chi connectivity index (χ2n) is 8.79. The van der Waals surface area contributed by atoms with E-state index in [1.165, 1.54) is 0 Å². The maximum absolute atomic E-state index is 13.0. The third kappa shape index (κ3) is 5.13. The molecule has 7 nitrogen and oxygen atoms in total. The van der Waals surface area contributed by atoms with Crippen molar-refractivity contribution in [3.05, 3.63) is 83.0 Å². The van der Waals surface area contributed by atoms with E-state index in [1.807, 2.05) is 30.3 Å². The molecular weight excluding hydrogens is 498 g/mol. The van der Waals surface area contributed by atoms with Crippen molar-refractivity contribution in [1.82, 2.24) is 14.2 Å². The summed E-state index contributed by atoms with van der Waals surface area (Å²) >= 11 is 5.91. The highest BCUT2D eigenvalue weighted by molar-refractivity contribution is 7.89. The zero-order valence-corrected chi connectivity index (χ0v) is 21.6. The van der Waals surface area contributed by atoms with Crippen LogP contribution in [-0.4, -0.2) is 62.4 Å². The normalized spacial score (nSPS) is 17.7. The van der Waals surface area contributed by atoms with Gasteiger partial charge in [0.25, 0.3) is 0 Å². The lowest BCUT2D eigenvalue weighted by Crippen LogP contribution is -2.48. The van der Waals surface area contributed by atoms with Crippen LogP contribution >= 0.6 is 11.6 Å². The van der Waals surface area contributed by atoms with E-state index in [-0.39, 0.29) is 4.90 Å². The van der Waals surface area contributed by atoms with E-state index in [4.69, 9.17) is 21.1 Å². The summed E-state index contributed by atoms with van der Waals surface area (Å²) in [5.41, 5.74) is 3.13. The second-order valence-corrected chi connectivity index (χ2v) is 11.2. The Labute approximate surface area is 217 Å². The fraction of sp³-hybridized carbons (Fsp3) is 0.296. The van der Waals surface area contributed by atoms with Gasteiger partial charge >= 0.3 is 0 Å². The minimum atomic E-state index is -3.51. The van der Waals surface area contributed by atoms with Gasteiger partial charge in [-0.15, -0.1) is 0 Å². The lowest BCUT2D eigenvalue weighted by Gasteiger charge is -2.33. The third-order valence-corrected chi connectivity index (χ3v) is 8.78. The van der Waals surface area contributed by atoms with Gasteiger partial charge in [0.15, 0.2) is 0 Å². The van der Waals surface area contributed by atoms with Crippen LogP contribution in [-0.2, 0) is 16.4 Å². The standard InChI is InChI=1S/C27H28ClN3O4S/c1-34-25-7-2-8-26-24(25)19-20(23-6-3-13-29-27(23)35-26)5-4-14-30-15-17-31(18-16-30)36(32,33)22-11-9-21(28)10-12-22/h2-3,5-13H,4,14-19H2,1H3/b20-5-. The van der Waals surface area contributed by atoms with Crippen LogP contribution in [0.3, 0.4) is 0 Å². The largest absolute Gasteiger partial charge is 0.496 e. The summed E-state index contributed by atoms with van der Waals surface area (Å²) in [5.74, 6) is 2.15. The number of piperazine rings is 1. The number of pyridine rings is 1. The van der Waals surface area contributed by atoms with Crippen LogP contribution in [0, 0.1) is 0 Å². The number of halogens is 1. The predicted molar refractivity (Wildman–Crippen MR) is 140 cm³/mol. The number of hydrogen-bond acceptors (Lipinski definition) is 6. The van der Waals surface area contributed by atoms with Crippen LogP contribution in [0.2, 0.25) is 5.02 Å². The van der Waals surface area contributed by atoms with Crippen LogP contribution in [0.4, 0.5) is 0 Å². The van der Waals surface area contributed by atoms with E-state index in [2.05, 4.69) is 16.0 Å². The van der Waals surface area contributed by atoms with Gasteiger partial charge in [-0.2, -0.15) is 4.31 Å².